The van der Waals surface area contributed by atoms with Crippen LogP contribution >= 0.6 is 48.9 Å². The fourth-order valence-corrected chi connectivity index (χ4v) is 1.65. The summed E-state index contributed by atoms with van der Waals surface area (Å²) in [6.45, 7) is 18.8. The Bertz CT molecular complexity index is 534. The van der Waals surface area contributed by atoms with Crippen molar-refractivity contribution in [1.29, 1.82) is 0 Å². The first-order valence-electron chi connectivity index (χ1n) is 12.7. The van der Waals surface area contributed by atoms with Crippen LogP contribution in [0.4, 0.5) is 0 Å². The molecule has 0 saturated heterocycles. The van der Waals surface area contributed by atoms with E-state index in [-0.39, 0.29) is 38.6 Å². The molecule has 0 saturated carbocycles. The SMILES string of the molecule is CCC(C)COOC(=S)[S-].CCC(C)COOC(=S)[S-].CCC(C)COOC(=S)[S-].CCC(C)COOC(=S)[S-].[Mo+4]. The fourth-order valence-electron chi connectivity index (χ4n) is 1.26. The molecule has 4 atom stereocenters. The quantitative estimate of drug-likeness (QED) is 0.0517. The summed E-state index contributed by atoms with van der Waals surface area (Å²) >= 11 is 35.6. The third-order valence-corrected chi connectivity index (χ3v) is 5.25. The molecule has 4 unspecified atom stereocenters. The maximum atomic E-state index is 4.70. The van der Waals surface area contributed by atoms with Gasteiger partial charge < -0.3 is 119 Å². The zero-order valence-corrected chi connectivity index (χ0v) is 33.4. The van der Waals surface area contributed by atoms with Crippen molar-refractivity contribution in [2.75, 3.05) is 26.4 Å². The van der Waals surface area contributed by atoms with E-state index in [1.165, 1.54) is 0 Å². The van der Waals surface area contributed by atoms with Gasteiger partial charge in [0.25, 0.3) is 0 Å². The molecule has 0 amide bonds. The van der Waals surface area contributed by atoms with E-state index in [4.69, 9.17) is 19.6 Å². The van der Waals surface area contributed by atoms with Crippen molar-refractivity contribution < 1.29 is 60.2 Å². The Morgan fingerprint density at radius 2 is 0.585 bits per heavy atom. The molecule has 0 aliphatic rings. The third kappa shape index (κ3) is 57.2. The average Bonchev–Trinajstić information content (AvgIpc) is 2.88. The van der Waals surface area contributed by atoms with Crippen molar-refractivity contribution in [3.63, 3.8) is 0 Å². The van der Waals surface area contributed by atoms with Gasteiger partial charge in [-0.3, -0.25) is 0 Å². The van der Waals surface area contributed by atoms with Crippen molar-refractivity contribution >= 4 is 117 Å². The van der Waals surface area contributed by atoms with Crippen molar-refractivity contribution in [2.24, 2.45) is 23.7 Å². The number of hydrogen-bond donors (Lipinski definition) is 0. The Hall–Kier alpha value is 0.968. The molecule has 0 fully saturated rings. The van der Waals surface area contributed by atoms with Crippen molar-refractivity contribution in [2.45, 2.75) is 81.1 Å². The first kappa shape index (κ1) is 51.5. The molecular weight excluding hydrogens is 769 g/mol. The second-order valence-corrected chi connectivity index (χ2v) is 12.5. The van der Waals surface area contributed by atoms with Crippen LogP contribution in [0.2, 0.25) is 0 Å². The molecule has 0 N–H and O–H groups in total. The van der Waals surface area contributed by atoms with Crippen LogP contribution in [0.5, 0.6) is 0 Å². The largest absolute Gasteiger partial charge is 4.00 e. The first-order chi connectivity index (χ1) is 18.7. The molecule has 0 radical (unpaired) electrons. The van der Waals surface area contributed by atoms with Gasteiger partial charge in [0.2, 0.25) is 0 Å². The molecule has 0 spiro atoms. The van der Waals surface area contributed by atoms with E-state index in [9.17, 15) is 0 Å². The van der Waals surface area contributed by atoms with E-state index in [0.29, 0.717) is 50.1 Å². The second-order valence-electron chi connectivity index (χ2n) is 8.53. The van der Waals surface area contributed by atoms with Gasteiger partial charge >= 0.3 is 21.1 Å². The molecule has 0 aromatic rings. The van der Waals surface area contributed by atoms with Gasteiger partial charge in [0.15, 0.2) is 0 Å². The molecule has 41 heavy (non-hydrogen) atoms. The van der Waals surface area contributed by atoms with Crippen LogP contribution in [-0.4, -0.2) is 44.0 Å². The van der Waals surface area contributed by atoms with Gasteiger partial charge in [-0.25, -0.2) is 0 Å². The van der Waals surface area contributed by atoms with Crippen LogP contribution in [0.1, 0.15) is 81.1 Å². The summed E-state index contributed by atoms with van der Waals surface area (Å²) < 4.78 is 0.0678. The summed E-state index contributed by atoms with van der Waals surface area (Å²) in [6, 6.07) is 0. The van der Waals surface area contributed by atoms with Gasteiger partial charge in [0, 0.05) is 0 Å². The summed E-state index contributed by atoms with van der Waals surface area (Å²) in [4.78, 5) is 36.7. The smallest absolute Gasteiger partial charge is 0.387 e. The van der Waals surface area contributed by atoms with Gasteiger partial charge in [-0.15, -0.1) is 0 Å². The maximum Gasteiger partial charge on any atom is 4.00 e. The van der Waals surface area contributed by atoms with Gasteiger partial charge in [0.1, 0.15) is 0 Å². The maximum absolute atomic E-state index is 4.70. The molecule has 8 nitrogen and oxygen atoms in total. The molecule has 0 aromatic heterocycles. The standard InChI is InChI=1S/4C6H12O2S2.Mo/c4*1-3-5(2)4-7-8-6(9)10;/h4*5H,3-4H2,1-2H3,(H,9,10);/q;;;;+4/p-4. The minimum Gasteiger partial charge on any atom is -0.387 e. The van der Waals surface area contributed by atoms with Crippen LogP contribution in [0.3, 0.4) is 0 Å². The fraction of sp³-hybridized carbons (Fsp3) is 0.833. The van der Waals surface area contributed by atoms with Crippen molar-refractivity contribution in [1.82, 2.24) is 0 Å². The number of hydrogen-bond acceptors (Lipinski definition) is 16. The minimum atomic E-state index is 0. The predicted molar refractivity (Wildman–Crippen MR) is 186 cm³/mol. The van der Waals surface area contributed by atoms with E-state index in [1.54, 1.807) is 0 Å². The Labute approximate surface area is 305 Å². The van der Waals surface area contributed by atoms with Crippen molar-refractivity contribution in [3.8, 4) is 0 Å². The Morgan fingerprint density at radius 3 is 0.683 bits per heavy atom. The molecule has 242 valence electrons. The van der Waals surface area contributed by atoms with Gasteiger partial charge in [0.05, 0.1) is 44.0 Å². The average molecular weight is 813 g/mol. The molecule has 0 bridgehead atoms. The zero-order chi connectivity index (χ0) is 31.9. The second kappa shape index (κ2) is 39.0. The molecule has 0 rings (SSSR count). The molecule has 0 aliphatic heterocycles. The molecular formula is C24H44MoO8S8. The predicted octanol–water partition coefficient (Wildman–Crippen LogP) is 7.25. The number of rotatable bonds is 16. The third-order valence-electron chi connectivity index (χ3n) is 4.71. The van der Waals surface area contributed by atoms with Crippen molar-refractivity contribution in [3.05, 3.63) is 0 Å². The first-order valence-corrected chi connectivity index (χ1v) is 15.9. The van der Waals surface area contributed by atoms with E-state index in [1.807, 2.05) is 0 Å². The molecule has 17 heteroatoms. The van der Waals surface area contributed by atoms with Gasteiger partial charge in [-0.2, -0.15) is 19.6 Å². The van der Waals surface area contributed by atoms with Crippen LogP contribution in [0.25, 0.3) is 0 Å². The number of thiocarbonyl (C=S) groups is 4. The van der Waals surface area contributed by atoms with Crippen LogP contribution in [0.15, 0.2) is 0 Å². The molecule has 0 aromatic carbocycles. The molecule has 0 heterocycles. The van der Waals surface area contributed by atoms with Gasteiger partial charge in [-0.05, 0) is 23.7 Å². The van der Waals surface area contributed by atoms with E-state index in [2.05, 4.69) is 174 Å². The monoisotopic (exact) mass is 814 g/mol. The van der Waals surface area contributed by atoms with E-state index < -0.39 is 0 Å². The Balaban J connectivity index is -0.000000139. The van der Waals surface area contributed by atoms with E-state index >= 15 is 0 Å². The summed E-state index contributed by atoms with van der Waals surface area (Å²) in [5.74, 6) is 1.96. The molecule has 0 aliphatic carbocycles. The normalized spacial score (nSPS) is 12.3. The summed E-state index contributed by atoms with van der Waals surface area (Å²) in [6.07, 6.45) is 4.25. The van der Waals surface area contributed by atoms with Crippen LogP contribution in [0, 0.1) is 23.7 Å². The summed E-state index contributed by atoms with van der Waals surface area (Å²) in [5.41, 5.74) is 0. The summed E-state index contributed by atoms with van der Waals surface area (Å²) in [5, 5.41) is 0. The topological polar surface area (TPSA) is 73.8 Å². The van der Waals surface area contributed by atoms with Crippen LogP contribution in [-0.2, 0) is 111 Å². The van der Waals surface area contributed by atoms with Gasteiger partial charge in [-0.1, -0.05) is 81.1 Å². The Kier molecular flexibility index (Phi) is 49.0. The van der Waals surface area contributed by atoms with E-state index in [0.717, 1.165) is 25.7 Å². The Morgan fingerprint density at radius 1 is 0.439 bits per heavy atom. The minimum absolute atomic E-state index is 0. The summed E-state index contributed by atoms with van der Waals surface area (Å²) in [7, 11) is 0. The zero-order valence-electron chi connectivity index (χ0n) is 24.9. The van der Waals surface area contributed by atoms with Crippen LogP contribution < -0.4 is 0 Å².